The number of amides is 1. The summed E-state index contributed by atoms with van der Waals surface area (Å²) in [5.41, 5.74) is -0.292. The lowest BCUT2D eigenvalue weighted by Gasteiger charge is -2.25. The van der Waals surface area contributed by atoms with Crippen LogP contribution in [-0.4, -0.2) is 40.0 Å². The summed E-state index contributed by atoms with van der Waals surface area (Å²) in [4.78, 5) is 23.0. The van der Waals surface area contributed by atoms with Crippen molar-refractivity contribution < 1.29 is 27.6 Å². The summed E-state index contributed by atoms with van der Waals surface area (Å²) in [7, 11) is -1.85. The van der Waals surface area contributed by atoms with Crippen LogP contribution < -0.4 is 19.1 Å². The second kappa shape index (κ2) is 10.4. The lowest BCUT2D eigenvalue weighted by atomic mass is 10.2. The Morgan fingerprint density at radius 3 is 2.44 bits per heavy atom. The van der Waals surface area contributed by atoms with E-state index in [0.717, 1.165) is 16.4 Å². The molecule has 1 amide bonds. The molecule has 34 heavy (non-hydrogen) atoms. The minimum absolute atomic E-state index is 0.0114. The molecular weight excluding hydrogens is 486 g/mol. The van der Waals surface area contributed by atoms with Crippen molar-refractivity contribution in [2.45, 2.75) is 4.90 Å². The Labute approximate surface area is 200 Å². The van der Waals surface area contributed by atoms with Gasteiger partial charge in [-0.2, -0.15) is 0 Å². The smallest absolute Gasteiger partial charge is 0.289 e. The molecule has 10 nitrogen and oxygen atoms in total. The van der Waals surface area contributed by atoms with E-state index in [2.05, 4.69) is 5.32 Å². The van der Waals surface area contributed by atoms with Gasteiger partial charge in [-0.3, -0.25) is 19.2 Å². The number of nitrogens with one attached hydrogen (secondary N) is 1. The molecule has 0 saturated heterocycles. The van der Waals surface area contributed by atoms with E-state index in [1.54, 1.807) is 18.2 Å². The average molecular weight is 506 g/mol. The number of nitrogens with zero attached hydrogens (tertiary/aromatic N) is 2. The van der Waals surface area contributed by atoms with Crippen molar-refractivity contribution in [2.75, 3.05) is 30.4 Å². The van der Waals surface area contributed by atoms with Crippen molar-refractivity contribution in [1.29, 1.82) is 0 Å². The SMILES string of the molecule is COc1ccc(N(CC(=O)Nc2cccc(Cl)c2)S(=O)(=O)c2ccccc2[N+](=O)[O-])c(OC)c1. The second-order valence-electron chi connectivity index (χ2n) is 6.83. The molecule has 0 radical (unpaired) electrons. The fourth-order valence-corrected chi connectivity index (χ4v) is 4.91. The Morgan fingerprint density at radius 1 is 1.06 bits per heavy atom. The third-order valence-electron chi connectivity index (χ3n) is 4.68. The van der Waals surface area contributed by atoms with Crippen LogP contribution in [0, 0.1) is 10.1 Å². The molecular formula is C22H20ClN3O7S. The van der Waals surface area contributed by atoms with Gasteiger partial charge in [0.25, 0.3) is 15.7 Å². The van der Waals surface area contributed by atoms with Gasteiger partial charge in [-0.25, -0.2) is 8.42 Å². The predicted octanol–water partition coefficient (Wildman–Crippen LogP) is 4.10. The number of methoxy groups -OCH3 is 2. The maximum Gasteiger partial charge on any atom is 0.289 e. The fraction of sp³-hybridized carbons (Fsp3) is 0.136. The first-order chi connectivity index (χ1) is 16.2. The Morgan fingerprint density at radius 2 is 1.79 bits per heavy atom. The monoisotopic (exact) mass is 505 g/mol. The second-order valence-corrected chi connectivity index (χ2v) is 9.10. The summed E-state index contributed by atoms with van der Waals surface area (Å²) >= 11 is 5.95. The van der Waals surface area contributed by atoms with Gasteiger partial charge in [0.15, 0.2) is 4.90 Å². The molecule has 3 aromatic carbocycles. The zero-order chi connectivity index (χ0) is 24.9. The van der Waals surface area contributed by atoms with Crippen LogP contribution in [-0.2, 0) is 14.8 Å². The maximum absolute atomic E-state index is 13.7. The highest BCUT2D eigenvalue weighted by Crippen LogP contribution is 2.37. The molecule has 0 bridgehead atoms. The topological polar surface area (TPSA) is 128 Å². The molecule has 0 aliphatic heterocycles. The number of anilines is 2. The van der Waals surface area contributed by atoms with E-state index in [1.165, 1.54) is 50.6 Å². The van der Waals surface area contributed by atoms with Crippen LogP contribution in [0.4, 0.5) is 17.1 Å². The quantitative estimate of drug-likeness (QED) is 0.342. The van der Waals surface area contributed by atoms with Gasteiger partial charge in [-0.15, -0.1) is 0 Å². The van der Waals surface area contributed by atoms with Crippen molar-refractivity contribution in [3.05, 3.63) is 81.9 Å². The lowest BCUT2D eigenvalue weighted by Crippen LogP contribution is -2.38. The van der Waals surface area contributed by atoms with E-state index in [9.17, 15) is 23.3 Å². The van der Waals surface area contributed by atoms with Crippen LogP contribution >= 0.6 is 11.6 Å². The highest BCUT2D eigenvalue weighted by Gasteiger charge is 2.34. The normalized spacial score (nSPS) is 10.9. The lowest BCUT2D eigenvalue weighted by molar-refractivity contribution is -0.387. The molecule has 0 heterocycles. The molecule has 0 aliphatic rings. The van der Waals surface area contributed by atoms with Crippen molar-refractivity contribution in [3.8, 4) is 11.5 Å². The summed E-state index contributed by atoms with van der Waals surface area (Å²) in [5, 5.41) is 14.5. The molecule has 0 unspecified atom stereocenters. The number of carbonyl (C=O) groups excluding carboxylic acids is 1. The molecule has 0 atom stereocenters. The first-order valence-electron chi connectivity index (χ1n) is 9.71. The molecule has 178 valence electrons. The molecule has 12 heteroatoms. The van der Waals surface area contributed by atoms with Crippen molar-refractivity contribution in [1.82, 2.24) is 0 Å². The number of nitro benzene ring substituents is 1. The number of para-hydroxylation sites is 1. The van der Waals surface area contributed by atoms with E-state index in [0.29, 0.717) is 16.5 Å². The third kappa shape index (κ3) is 5.38. The highest BCUT2D eigenvalue weighted by molar-refractivity contribution is 7.93. The molecule has 3 aromatic rings. The minimum atomic E-state index is -4.59. The average Bonchev–Trinajstić information content (AvgIpc) is 2.82. The summed E-state index contributed by atoms with van der Waals surface area (Å²) in [6.45, 7) is -0.705. The van der Waals surface area contributed by atoms with E-state index < -0.39 is 38.0 Å². The van der Waals surface area contributed by atoms with Gasteiger partial charge in [0, 0.05) is 22.8 Å². The standard InChI is InChI=1S/C22H20ClN3O7S/c1-32-17-10-11-18(20(13-17)33-2)25(14-22(27)24-16-7-5-6-15(23)12-16)34(30,31)21-9-4-3-8-19(21)26(28)29/h3-13H,14H2,1-2H3,(H,24,27). The number of hydrogen-bond acceptors (Lipinski definition) is 7. The fourth-order valence-electron chi connectivity index (χ4n) is 3.13. The molecule has 0 fully saturated rings. The van der Waals surface area contributed by atoms with E-state index in [4.69, 9.17) is 21.1 Å². The van der Waals surface area contributed by atoms with Gasteiger partial charge in [-0.05, 0) is 36.4 Å². The molecule has 0 saturated carbocycles. The first-order valence-corrected chi connectivity index (χ1v) is 11.5. The van der Waals surface area contributed by atoms with Gasteiger partial charge >= 0.3 is 0 Å². The maximum atomic E-state index is 13.7. The number of sulfonamides is 1. The van der Waals surface area contributed by atoms with E-state index in [1.807, 2.05) is 0 Å². The number of nitro groups is 1. The zero-order valence-electron chi connectivity index (χ0n) is 18.1. The van der Waals surface area contributed by atoms with Gasteiger partial charge in [0.05, 0.1) is 24.8 Å². The number of halogens is 1. The van der Waals surface area contributed by atoms with Crippen LogP contribution in [0.1, 0.15) is 0 Å². The van der Waals surface area contributed by atoms with E-state index in [-0.39, 0.29) is 11.4 Å². The van der Waals surface area contributed by atoms with Crippen molar-refractivity contribution in [3.63, 3.8) is 0 Å². The van der Waals surface area contributed by atoms with Crippen LogP contribution in [0.15, 0.2) is 71.6 Å². The Balaban J connectivity index is 2.11. The number of rotatable bonds is 9. The minimum Gasteiger partial charge on any atom is -0.497 e. The highest BCUT2D eigenvalue weighted by atomic mass is 35.5. The summed E-state index contributed by atoms with van der Waals surface area (Å²) in [6.07, 6.45) is 0. The van der Waals surface area contributed by atoms with Gasteiger partial charge in [0.2, 0.25) is 5.91 Å². The Bertz CT molecular complexity index is 1330. The van der Waals surface area contributed by atoms with Crippen LogP contribution in [0.2, 0.25) is 5.02 Å². The molecule has 0 aromatic heterocycles. The van der Waals surface area contributed by atoms with E-state index >= 15 is 0 Å². The summed E-state index contributed by atoms with van der Waals surface area (Å²) in [5.74, 6) is -0.244. The summed E-state index contributed by atoms with van der Waals surface area (Å²) in [6, 6.07) is 15.5. The van der Waals surface area contributed by atoms with Crippen LogP contribution in [0.25, 0.3) is 0 Å². The first kappa shape index (κ1) is 24.8. The molecule has 3 rings (SSSR count). The van der Waals surface area contributed by atoms with Crippen LogP contribution in [0.3, 0.4) is 0 Å². The number of carbonyl (C=O) groups is 1. The number of hydrogen-bond donors (Lipinski definition) is 1. The molecule has 1 N–H and O–H groups in total. The van der Waals surface area contributed by atoms with Gasteiger partial charge in [-0.1, -0.05) is 29.8 Å². The Kier molecular flexibility index (Phi) is 7.59. The van der Waals surface area contributed by atoms with Crippen molar-refractivity contribution >= 4 is 44.6 Å². The number of benzene rings is 3. The van der Waals surface area contributed by atoms with Crippen molar-refractivity contribution in [2.24, 2.45) is 0 Å². The number of ether oxygens (including phenoxy) is 2. The largest absolute Gasteiger partial charge is 0.497 e. The zero-order valence-corrected chi connectivity index (χ0v) is 19.7. The van der Waals surface area contributed by atoms with Gasteiger partial charge < -0.3 is 14.8 Å². The Hall–Kier alpha value is -3.83. The predicted molar refractivity (Wildman–Crippen MR) is 127 cm³/mol. The third-order valence-corrected chi connectivity index (χ3v) is 6.72. The van der Waals surface area contributed by atoms with Gasteiger partial charge in [0.1, 0.15) is 18.0 Å². The van der Waals surface area contributed by atoms with Crippen LogP contribution in [0.5, 0.6) is 11.5 Å². The summed E-state index contributed by atoms with van der Waals surface area (Å²) < 4.78 is 38.5. The molecule has 0 aliphatic carbocycles. The molecule has 0 spiro atoms.